The van der Waals surface area contributed by atoms with Crippen molar-refractivity contribution >= 4 is 22.6 Å². The van der Waals surface area contributed by atoms with Crippen LogP contribution in [0.5, 0.6) is 0 Å². The topological polar surface area (TPSA) is 65.9 Å². The zero-order valence-corrected chi connectivity index (χ0v) is 14.7. The number of pyridine rings is 1. The van der Waals surface area contributed by atoms with E-state index in [1.165, 1.54) is 12.3 Å². The summed E-state index contributed by atoms with van der Waals surface area (Å²) in [5, 5.41) is 9.50. The van der Waals surface area contributed by atoms with E-state index in [2.05, 4.69) is 4.98 Å². The first-order chi connectivity index (χ1) is 12.7. The van der Waals surface area contributed by atoms with Crippen LogP contribution in [-0.4, -0.2) is 66.9 Å². The number of ether oxygens (including phenoxy) is 1. The maximum atomic E-state index is 12.9. The van der Waals surface area contributed by atoms with Gasteiger partial charge in [0.05, 0.1) is 30.3 Å². The van der Waals surface area contributed by atoms with Gasteiger partial charge in [0.1, 0.15) is 0 Å². The zero-order valence-electron chi connectivity index (χ0n) is 14.7. The second-order valence-electron chi connectivity index (χ2n) is 6.59. The van der Waals surface area contributed by atoms with Crippen LogP contribution < -0.4 is 4.90 Å². The lowest BCUT2D eigenvalue weighted by Crippen LogP contribution is -2.47. The van der Waals surface area contributed by atoms with Crippen molar-refractivity contribution in [2.24, 2.45) is 0 Å². The Morgan fingerprint density at radius 3 is 2.89 bits per heavy atom. The number of fused-ring (bicyclic) bond motifs is 1. The fourth-order valence-corrected chi connectivity index (χ4v) is 3.28. The third kappa shape index (κ3) is 4.67. The van der Waals surface area contributed by atoms with Crippen LogP contribution in [0.25, 0.3) is 10.9 Å². The van der Waals surface area contributed by atoms with Gasteiger partial charge in [-0.25, -0.2) is 0 Å². The molecule has 1 aliphatic heterocycles. The molecule has 3 rings (SSSR count). The van der Waals surface area contributed by atoms with Crippen molar-refractivity contribution < 1.29 is 27.8 Å². The average Bonchev–Trinajstić information content (AvgIpc) is 2.59. The minimum atomic E-state index is -4.41. The number of nitrogens with zero attached hydrogens (tertiary/aromatic N) is 3. The summed E-state index contributed by atoms with van der Waals surface area (Å²) < 4.78 is 44.5. The molecule has 1 atom stereocenters. The molecule has 0 bridgehead atoms. The average molecular weight is 383 g/mol. The van der Waals surface area contributed by atoms with E-state index < -0.39 is 17.7 Å². The zero-order chi connectivity index (χ0) is 19.6. The van der Waals surface area contributed by atoms with Crippen LogP contribution in [0.4, 0.5) is 18.9 Å². The molecule has 1 aliphatic rings. The Morgan fingerprint density at radius 2 is 2.19 bits per heavy atom. The molecule has 6 nitrogen and oxygen atoms in total. The van der Waals surface area contributed by atoms with Crippen LogP contribution in [0.1, 0.15) is 5.56 Å². The van der Waals surface area contributed by atoms with Gasteiger partial charge < -0.3 is 14.7 Å². The largest absolute Gasteiger partial charge is 0.480 e. The van der Waals surface area contributed by atoms with E-state index in [1.807, 2.05) is 4.90 Å². The van der Waals surface area contributed by atoms with Crippen LogP contribution >= 0.6 is 0 Å². The number of hydrogen-bond donors (Lipinski definition) is 1. The van der Waals surface area contributed by atoms with Crippen LogP contribution in [0.3, 0.4) is 0 Å². The standard InChI is InChI=1S/C18H20F3N3O3/c1-23(11-17(25)26)9-13-10-24(6-7-27-13)16-4-5-22-15-8-12(18(19,20)21)2-3-14(15)16/h2-5,8,13H,6-7,9-11H2,1H3,(H,25,26). The Kier molecular flexibility index (Phi) is 5.52. The number of benzene rings is 1. The van der Waals surface area contributed by atoms with Gasteiger partial charge in [-0.05, 0) is 25.2 Å². The fourth-order valence-electron chi connectivity index (χ4n) is 3.28. The van der Waals surface area contributed by atoms with Gasteiger partial charge >= 0.3 is 12.1 Å². The van der Waals surface area contributed by atoms with Crippen LogP contribution in [0.2, 0.25) is 0 Å². The number of anilines is 1. The summed E-state index contributed by atoms with van der Waals surface area (Å²) in [4.78, 5) is 18.6. The highest BCUT2D eigenvalue weighted by molar-refractivity contribution is 5.92. The van der Waals surface area contributed by atoms with Crippen molar-refractivity contribution in [1.29, 1.82) is 0 Å². The molecule has 27 heavy (non-hydrogen) atoms. The number of halogens is 3. The van der Waals surface area contributed by atoms with Gasteiger partial charge in [0.25, 0.3) is 0 Å². The van der Waals surface area contributed by atoms with Gasteiger partial charge in [0, 0.05) is 36.9 Å². The Balaban J connectivity index is 1.81. The summed E-state index contributed by atoms with van der Waals surface area (Å²) >= 11 is 0. The van der Waals surface area contributed by atoms with E-state index in [1.54, 1.807) is 18.0 Å². The van der Waals surface area contributed by atoms with Crippen molar-refractivity contribution in [3.63, 3.8) is 0 Å². The minimum absolute atomic E-state index is 0.0851. The highest BCUT2D eigenvalue weighted by Crippen LogP contribution is 2.33. The van der Waals surface area contributed by atoms with Crippen molar-refractivity contribution in [2.75, 3.05) is 44.7 Å². The molecule has 0 saturated carbocycles. The SMILES string of the molecule is CN(CC(=O)O)CC1CN(c2ccnc3cc(C(F)(F)F)ccc23)CCO1. The highest BCUT2D eigenvalue weighted by Gasteiger charge is 2.31. The molecule has 0 radical (unpaired) electrons. The van der Waals surface area contributed by atoms with E-state index >= 15 is 0 Å². The molecule has 1 N–H and O–H groups in total. The first-order valence-corrected chi connectivity index (χ1v) is 8.47. The van der Waals surface area contributed by atoms with Crippen molar-refractivity contribution in [2.45, 2.75) is 12.3 Å². The molecular formula is C18H20F3N3O3. The second kappa shape index (κ2) is 7.69. The van der Waals surface area contributed by atoms with Crippen molar-refractivity contribution in [1.82, 2.24) is 9.88 Å². The first kappa shape index (κ1) is 19.4. The number of hydrogen-bond acceptors (Lipinski definition) is 5. The summed E-state index contributed by atoms with van der Waals surface area (Å²) in [5.41, 5.74) is 0.353. The lowest BCUT2D eigenvalue weighted by atomic mass is 10.1. The lowest BCUT2D eigenvalue weighted by Gasteiger charge is -2.36. The maximum Gasteiger partial charge on any atom is 0.416 e. The number of carboxylic acid groups (broad SMARTS) is 1. The number of alkyl halides is 3. The van der Waals surface area contributed by atoms with Gasteiger partial charge in [0.15, 0.2) is 0 Å². The predicted molar refractivity (Wildman–Crippen MR) is 93.8 cm³/mol. The number of carbonyl (C=O) groups is 1. The minimum Gasteiger partial charge on any atom is -0.480 e. The summed E-state index contributed by atoms with van der Waals surface area (Å²) in [7, 11) is 1.71. The quantitative estimate of drug-likeness (QED) is 0.856. The van der Waals surface area contributed by atoms with E-state index in [9.17, 15) is 18.0 Å². The summed E-state index contributed by atoms with van der Waals surface area (Å²) in [5.74, 6) is -0.911. The van der Waals surface area contributed by atoms with Gasteiger partial charge in [0.2, 0.25) is 0 Å². The molecule has 1 unspecified atom stereocenters. The van der Waals surface area contributed by atoms with Gasteiger partial charge in [-0.1, -0.05) is 6.07 Å². The number of aliphatic carboxylic acids is 1. The Morgan fingerprint density at radius 1 is 1.41 bits per heavy atom. The van der Waals surface area contributed by atoms with Crippen molar-refractivity contribution in [3.05, 3.63) is 36.0 Å². The second-order valence-corrected chi connectivity index (χ2v) is 6.59. The molecular weight excluding hydrogens is 363 g/mol. The van der Waals surface area contributed by atoms with E-state index in [0.717, 1.165) is 17.8 Å². The molecule has 1 saturated heterocycles. The summed E-state index contributed by atoms with van der Waals surface area (Å²) in [6, 6.07) is 5.34. The number of likely N-dealkylation sites (N-methyl/N-ethyl adjacent to an activating group) is 1. The smallest absolute Gasteiger partial charge is 0.416 e. The predicted octanol–water partition coefficient (Wildman–Crippen LogP) is 2.48. The van der Waals surface area contributed by atoms with Crippen LogP contribution in [0.15, 0.2) is 30.5 Å². The van der Waals surface area contributed by atoms with E-state index in [4.69, 9.17) is 9.84 Å². The van der Waals surface area contributed by atoms with Gasteiger partial charge in [-0.3, -0.25) is 14.7 Å². The van der Waals surface area contributed by atoms with Crippen LogP contribution in [-0.2, 0) is 15.7 Å². The highest BCUT2D eigenvalue weighted by atomic mass is 19.4. The molecule has 1 aromatic heterocycles. The lowest BCUT2D eigenvalue weighted by molar-refractivity contribution is -0.139. The molecule has 9 heteroatoms. The number of carboxylic acids is 1. The van der Waals surface area contributed by atoms with Crippen LogP contribution in [0, 0.1) is 0 Å². The molecule has 1 aromatic carbocycles. The molecule has 146 valence electrons. The molecule has 1 fully saturated rings. The summed E-state index contributed by atoms with van der Waals surface area (Å²) in [6.45, 7) is 1.93. The van der Waals surface area contributed by atoms with Gasteiger partial charge in [-0.2, -0.15) is 13.2 Å². The van der Waals surface area contributed by atoms with E-state index in [-0.39, 0.29) is 18.2 Å². The Hall–Kier alpha value is -2.39. The van der Waals surface area contributed by atoms with E-state index in [0.29, 0.717) is 31.6 Å². The third-order valence-corrected chi connectivity index (χ3v) is 4.45. The molecule has 0 spiro atoms. The number of aromatic nitrogens is 1. The Labute approximate surface area is 154 Å². The van der Waals surface area contributed by atoms with Gasteiger partial charge in [-0.15, -0.1) is 0 Å². The number of morpholine rings is 1. The van der Waals surface area contributed by atoms with Crippen molar-refractivity contribution in [3.8, 4) is 0 Å². The third-order valence-electron chi connectivity index (χ3n) is 4.45. The number of rotatable bonds is 5. The Bertz CT molecular complexity index is 828. The monoisotopic (exact) mass is 383 g/mol. The first-order valence-electron chi connectivity index (χ1n) is 8.47. The molecule has 2 heterocycles. The maximum absolute atomic E-state index is 12.9. The summed E-state index contributed by atoms with van der Waals surface area (Å²) in [6.07, 6.45) is -3.11. The molecule has 0 amide bonds. The fraction of sp³-hybridized carbons (Fsp3) is 0.444. The molecule has 0 aliphatic carbocycles. The normalized spacial score (nSPS) is 18.3. The molecule has 2 aromatic rings.